The van der Waals surface area contributed by atoms with Crippen LogP contribution in [-0.4, -0.2) is 5.78 Å². The van der Waals surface area contributed by atoms with Crippen LogP contribution in [-0.2, 0) is 4.79 Å². The highest BCUT2D eigenvalue weighted by Gasteiger charge is 2.36. The zero-order valence-corrected chi connectivity index (χ0v) is 14.6. The van der Waals surface area contributed by atoms with Crippen molar-refractivity contribution in [2.24, 2.45) is 10.8 Å². The predicted octanol–water partition coefficient (Wildman–Crippen LogP) is 5.60. The monoisotopic (exact) mass is 312 g/mol. The molecular formula is C21H25FO. The number of benzene rings is 1. The Morgan fingerprint density at radius 2 is 1.52 bits per heavy atom. The molecule has 0 aliphatic heterocycles. The molecule has 0 fully saturated rings. The molecule has 23 heavy (non-hydrogen) atoms. The molecule has 1 aromatic carbocycles. The lowest BCUT2D eigenvalue weighted by atomic mass is 9.69. The van der Waals surface area contributed by atoms with Crippen molar-refractivity contribution in [1.29, 1.82) is 0 Å². The fourth-order valence-corrected chi connectivity index (χ4v) is 2.79. The van der Waals surface area contributed by atoms with E-state index in [2.05, 4.69) is 6.58 Å². The minimum atomic E-state index is -0.403. The van der Waals surface area contributed by atoms with Gasteiger partial charge in [0.2, 0.25) is 0 Å². The van der Waals surface area contributed by atoms with Crippen molar-refractivity contribution in [2.45, 2.75) is 40.5 Å². The molecule has 1 atom stereocenters. The van der Waals surface area contributed by atoms with Gasteiger partial charge in [0.1, 0.15) is 5.82 Å². The van der Waals surface area contributed by atoms with Crippen LogP contribution in [0.15, 0.2) is 60.2 Å². The molecule has 0 heterocycles. The largest absolute Gasteiger partial charge is 0.289 e. The number of hydrogen-bond acceptors (Lipinski definition) is 1. The van der Waals surface area contributed by atoms with E-state index in [9.17, 15) is 9.18 Å². The molecule has 0 aromatic heterocycles. The molecule has 0 bridgehead atoms. The topological polar surface area (TPSA) is 17.1 Å². The fourth-order valence-electron chi connectivity index (χ4n) is 2.79. The number of carbonyl (C=O) groups is 1. The van der Waals surface area contributed by atoms with Gasteiger partial charge in [-0.05, 0) is 23.1 Å². The normalized spacial score (nSPS) is 19.2. The summed E-state index contributed by atoms with van der Waals surface area (Å²) in [6.45, 7) is 14.0. The lowest BCUT2D eigenvalue weighted by molar-refractivity contribution is -0.114. The Morgan fingerprint density at radius 3 is 2.00 bits per heavy atom. The number of halogens is 1. The highest BCUT2D eigenvalue weighted by atomic mass is 19.1. The van der Waals surface area contributed by atoms with Gasteiger partial charge < -0.3 is 0 Å². The average Bonchev–Trinajstić information content (AvgIpc) is 2.47. The Bertz CT molecular complexity index is 682. The summed E-state index contributed by atoms with van der Waals surface area (Å²) >= 11 is 0. The number of hydrogen-bond donors (Lipinski definition) is 0. The smallest absolute Gasteiger partial charge is 0.185 e. The maximum Gasteiger partial charge on any atom is 0.185 e. The van der Waals surface area contributed by atoms with Crippen molar-refractivity contribution in [3.63, 3.8) is 0 Å². The van der Waals surface area contributed by atoms with E-state index >= 15 is 0 Å². The van der Waals surface area contributed by atoms with Gasteiger partial charge in [0.25, 0.3) is 0 Å². The molecule has 1 nitrogen and oxygen atoms in total. The number of carbonyl (C=O) groups excluding carboxylic acids is 1. The Labute approximate surface area is 138 Å². The molecular weight excluding hydrogens is 287 g/mol. The molecule has 2 rings (SSSR count). The Balaban J connectivity index is 2.59. The van der Waals surface area contributed by atoms with Gasteiger partial charge in [-0.1, -0.05) is 65.0 Å². The fraction of sp³-hybridized carbons (Fsp3) is 0.381. The molecule has 0 amide bonds. The average molecular weight is 312 g/mol. The van der Waals surface area contributed by atoms with E-state index in [1.165, 1.54) is 12.1 Å². The third kappa shape index (κ3) is 3.52. The van der Waals surface area contributed by atoms with Crippen molar-refractivity contribution in [3.8, 4) is 0 Å². The predicted molar refractivity (Wildman–Crippen MR) is 93.7 cm³/mol. The number of ketones is 1. The molecule has 1 unspecified atom stereocenters. The first kappa shape index (κ1) is 17.4. The van der Waals surface area contributed by atoms with Crippen LogP contribution >= 0.6 is 0 Å². The molecule has 0 saturated heterocycles. The van der Waals surface area contributed by atoms with Crippen LogP contribution < -0.4 is 0 Å². The van der Waals surface area contributed by atoms with Gasteiger partial charge in [-0.15, -0.1) is 6.58 Å². The molecule has 1 aliphatic carbocycles. The number of allylic oxidation sites excluding steroid dienone is 5. The van der Waals surface area contributed by atoms with Crippen molar-refractivity contribution in [1.82, 2.24) is 0 Å². The summed E-state index contributed by atoms with van der Waals surface area (Å²) in [6.07, 6.45) is 5.81. The Morgan fingerprint density at radius 1 is 1.00 bits per heavy atom. The Kier molecular flexibility index (Phi) is 4.48. The van der Waals surface area contributed by atoms with E-state index in [0.717, 1.165) is 16.7 Å². The van der Waals surface area contributed by atoms with E-state index in [1.807, 2.05) is 52.8 Å². The molecule has 1 aliphatic rings. The first-order valence-corrected chi connectivity index (χ1v) is 7.94. The maximum absolute atomic E-state index is 13.2. The van der Waals surface area contributed by atoms with Crippen molar-refractivity contribution < 1.29 is 9.18 Å². The molecule has 122 valence electrons. The molecule has 2 heteroatoms. The van der Waals surface area contributed by atoms with Crippen LogP contribution in [0.1, 0.15) is 46.1 Å². The summed E-state index contributed by atoms with van der Waals surface area (Å²) in [4.78, 5) is 13.0. The lowest BCUT2D eigenvalue weighted by Crippen LogP contribution is -2.29. The van der Waals surface area contributed by atoms with Gasteiger partial charge in [0, 0.05) is 22.5 Å². The van der Waals surface area contributed by atoms with Crippen LogP contribution in [0.3, 0.4) is 0 Å². The standard InChI is InChI=1S/C21H25FO/c1-7-21(5,6)18-13-15(14-8-10-16(22)11-9-14)12-17(19(18)23)20(2,3)4/h7-13,15H,1H2,2-6H3. The lowest BCUT2D eigenvalue weighted by Gasteiger charge is -2.33. The van der Waals surface area contributed by atoms with Crippen molar-refractivity contribution in [2.75, 3.05) is 0 Å². The minimum absolute atomic E-state index is 0.0308. The third-order valence-electron chi connectivity index (χ3n) is 4.45. The van der Waals surface area contributed by atoms with E-state index in [-0.39, 0.29) is 22.9 Å². The van der Waals surface area contributed by atoms with Crippen LogP contribution in [0.4, 0.5) is 4.39 Å². The van der Waals surface area contributed by atoms with Gasteiger partial charge in [-0.25, -0.2) is 4.39 Å². The summed E-state index contributed by atoms with van der Waals surface area (Å²) in [5, 5.41) is 0. The highest BCUT2D eigenvalue weighted by molar-refractivity contribution is 6.11. The summed E-state index contributed by atoms with van der Waals surface area (Å²) in [5.74, 6) is -0.200. The molecule has 1 aromatic rings. The second kappa shape index (κ2) is 5.92. The van der Waals surface area contributed by atoms with Crippen molar-refractivity contribution >= 4 is 5.78 Å². The molecule has 0 saturated carbocycles. The molecule has 0 radical (unpaired) electrons. The van der Waals surface area contributed by atoms with E-state index in [4.69, 9.17) is 0 Å². The first-order chi connectivity index (χ1) is 10.6. The third-order valence-corrected chi connectivity index (χ3v) is 4.45. The summed E-state index contributed by atoms with van der Waals surface area (Å²) in [5.41, 5.74) is 1.90. The highest BCUT2D eigenvalue weighted by Crippen LogP contribution is 2.42. The van der Waals surface area contributed by atoms with Gasteiger partial charge in [-0.2, -0.15) is 0 Å². The second-order valence-corrected chi connectivity index (χ2v) is 7.74. The van der Waals surface area contributed by atoms with Crippen LogP contribution in [0.5, 0.6) is 0 Å². The molecule has 0 N–H and O–H groups in total. The van der Waals surface area contributed by atoms with E-state index in [0.29, 0.717) is 0 Å². The number of Topliss-reactive ketones (excluding diaryl/α,β-unsaturated/α-hetero) is 1. The van der Waals surface area contributed by atoms with Gasteiger partial charge in [0.15, 0.2) is 5.78 Å². The van der Waals surface area contributed by atoms with Gasteiger partial charge >= 0.3 is 0 Å². The quantitative estimate of drug-likeness (QED) is 0.664. The SMILES string of the molecule is C=CC(C)(C)C1=CC(c2ccc(F)cc2)C=C(C(C)(C)C)C1=O. The van der Waals surface area contributed by atoms with Gasteiger partial charge in [-0.3, -0.25) is 4.79 Å². The van der Waals surface area contributed by atoms with Crippen LogP contribution in [0.2, 0.25) is 0 Å². The summed E-state index contributed by atoms with van der Waals surface area (Å²) in [7, 11) is 0. The molecule has 0 spiro atoms. The van der Waals surface area contributed by atoms with Crippen molar-refractivity contribution in [3.05, 3.63) is 71.6 Å². The second-order valence-electron chi connectivity index (χ2n) is 7.74. The summed E-state index contributed by atoms with van der Waals surface area (Å²) < 4.78 is 13.2. The number of rotatable bonds is 3. The first-order valence-electron chi connectivity index (χ1n) is 7.94. The van der Waals surface area contributed by atoms with Gasteiger partial charge in [0.05, 0.1) is 0 Å². The zero-order chi connectivity index (χ0) is 17.4. The van der Waals surface area contributed by atoms with E-state index in [1.54, 1.807) is 12.1 Å². The Hall–Kier alpha value is -1.96. The maximum atomic E-state index is 13.2. The van der Waals surface area contributed by atoms with E-state index < -0.39 is 5.41 Å². The summed E-state index contributed by atoms with van der Waals surface area (Å²) in [6, 6.07) is 6.48. The minimum Gasteiger partial charge on any atom is -0.289 e. The van der Waals surface area contributed by atoms with Crippen LogP contribution in [0.25, 0.3) is 0 Å². The zero-order valence-electron chi connectivity index (χ0n) is 14.6. The van der Waals surface area contributed by atoms with Crippen LogP contribution in [0, 0.1) is 16.6 Å².